The van der Waals surface area contributed by atoms with Gasteiger partial charge in [0.05, 0.1) is 13.2 Å². The van der Waals surface area contributed by atoms with Crippen LogP contribution in [0.15, 0.2) is 42.5 Å². The monoisotopic (exact) mass is 528 g/mol. The van der Waals surface area contributed by atoms with Crippen LogP contribution in [0.5, 0.6) is 11.5 Å². The molecule has 7 heteroatoms. The maximum absolute atomic E-state index is 13.7. The summed E-state index contributed by atoms with van der Waals surface area (Å²) in [5, 5.41) is 3.82. The molecule has 0 spiro atoms. The van der Waals surface area contributed by atoms with E-state index in [1.165, 1.54) is 6.42 Å². The maximum Gasteiger partial charge on any atom is 0.243 e. The highest BCUT2D eigenvalue weighted by Gasteiger charge is 2.30. The van der Waals surface area contributed by atoms with Crippen molar-refractivity contribution in [3.63, 3.8) is 0 Å². The number of hydrogen-bond acceptors (Lipinski definition) is 4. The van der Waals surface area contributed by atoms with Crippen LogP contribution < -0.4 is 14.8 Å². The molecule has 1 saturated carbocycles. The van der Waals surface area contributed by atoms with Gasteiger partial charge in [0.15, 0.2) is 11.5 Å². The van der Waals surface area contributed by atoms with Crippen molar-refractivity contribution in [1.29, 1.82) is 0 Å². The summed E-state index contributed by atoms with van der Waals surface area (Å²) in [6.45, 7) is 7.20. The molecule has 6 nitrogen and oxygen atoms in total. The fourth-order valence-electron chi connectivity index (χ4n) is 4.92. The molecule has 1 atom stereocenters. The highest BCUT2D eigenvalue weighted by Crippen LogP contribution is 2.29. The van der Waals surface area contributed by atoms with Crippen LogP contribution in [0.25, 0.3) is 0 Å². The number of rotatable bonds is 13. The second-order valence-electron chi connectivity index (χ2n) is 9.53. The van der Waals surface area contributed by atoms with Crippen LogP contribution in [0.3, 0.4) is 0 Å². The molecule has 37 heavy (non-hydrogen) atoms. The third kappa shape index (κ3) is 8.39. The summed E-state index contributed by atoms with van der Waals surface area (Å²) < 4.78 is 11.4. The number of halogens is 1. The molecule has 2 aromatic carbocycles. The highest BCUT2D eigenvalue weighted by atomic mass is 35.5. The molecule has 0 saturated heterocycles. The first kappa shape index (κ1) is 28.8. The van der Waals surface area contributed by atoms with Gasteiger partial charge in [-0.3, -0.25) is 9.59 Å². The van der Waals surface area contributed by atoms with Crippen LogP contribution in [-0.4, -0.2) is 42.0 Å². The Morgan fingerprint density at radius 1 is 1.00 bits per heavy atom. The van der Waals surface area contributed by atoms with Crippen molar-refractivity contribution in [1.82, 2.24) is 10.2 Å². The minimum absolute atomic E-state index is 0.0718. The first-order chi connectivity index (χ1) is 18.0. The minimum Gasteiger partial charge on any atom is -0.490 e. The molecule has 0 heterocycles. The quantitative estimate of drug-likeness (QED) is 0.330. The summed E-state index contributed by atoms with van der Waals surface area (Å²) in [4.78, 5) is 28.7. The number of benzene rings is 2. The lowest BCUT2D eigenvalue weighted by molar-refractivity contribution is -0.141. The van der Waals surface area contributed by atoms with Gasteiger partial charge in [-0.2, -0.15) is 0 Å². The molecule has 1 aliphatic carbocycles. The molecule has 2 amide bonds. The van der Waals surface area contributed by atoms with Crippen LogP contribution in [0.4, 0.5) is 0 Å². The van der Waals surface area contributed by atoms with E-state index in [0.29, 0.717) is 49.1 Å². The molecule has 0 aliphatic heterocycles. The van der Waals surface area contributed by atoms with Crippen molar-refractivity contribution >= 4 is 23.4 Å². The molecule has 0 aromatic heterocycles. The Bertz CT molecular complexity index is 1020. The summed E-state index contributed by atoms with van der Waals surface area (Å²) in [5.41, 5.74) is 1.82. The van der Waals surface area contributed by atoms with Crippen molar-refractivity contribution in [3.05, 3.63) is 58.6 Å². The molecule has 202 valence electrons. The standard InChI is InChI=1S/C30H41ClN2O4/c1-4-26(30(35)32-24-13-8-7-9-14-24)33(21-23-12-10-11-15-25(23)31)29(34)19-17-22-16-18-27(36-5-2)28(20-22)37-6-3/h10-12,15-16,18,20,24,26H,4-9,13-14,17,19,21H2,1-3H3,(H,32,35). The minimum atomic E-state index is -0.551. The summed E-state index contributed by atoms with van der Waals surface area (Å²) in [6, 6.07) is 12.9. The van der Waals surface area contributed by atoms with Gasteiger partial charge in [-0.25, -0.2) is 0 Å². The molecule has 1 unspecified atom stereocenters. The SMILES string of the molecule is CCOc1ccc(CCC(=O)N(Cc2ccccc2Cl)C(CC)C(=O)NC2CCCCC2)cc1OCC. The van der Waals surface area contributed by atoms with Crippen molar-refractivity contribution < 1.29 is 19.1 Å². The molecule has 0 radical (unpaired) electrons. The Kier molecular flexibility index (Phi) is 11.6. The lowest BCUT2D eigenvalue weighted by Crippen LogP contribution is -2.51. The second-order valence-corrected chi connectivity index (χ2v) is 9.93. The molecule has 3 rings (SSSR count). The third-order valence-electron chi connectivity index (χ3n) is 6.87. The highest BCUT2D eigenvalue weighted by molar-refractivity contribution is 6.31. The number of carbonyl (C=O) groups excluding carboxylic acids is 2. The van der Waals surface area contributed by atoms with Crippen LogP contribution in [0, 0.1) is 0 Å². The van der Waals surface area contributed by atoms with Gasteiger partial charge in [-0.15, -0.1) is 0 Å². The van der Waals surface area contributed by atoms with Gasteiger partial charge in [0, 0.05) is 24.0 Å². The Labute approximate surface area is 226 Å². The van der Waals surface area contributed by atoms with Gasteiger partial charge in [-0.05, 0) is 68.9 Å². The van der Waals surface area contributed by atoms with Crippen molar-refractivity contribution in [3.8, 4) is 11.5 Å². The van der Waals surface area contributed by atoms with E-state index < -0.39 is 6.04 Å². The van der Waals surface area contributed by atoms with Gasteiger partial charge in [0.1, 0.15) is 6.04 Å². The van der Waals surface area contributed by atoms with E-state index in [4.69, 9.17) is 21.1 Å². The normalized spacial score (nSPS) is 14.6. The van der Waals surface area contributed by atoms with Crippen molar-refractivity contribution in [2.75, 3.05) is 13.2 Å². The molecule has 1 aliphatic rings. The number of ether oxygens (including phenoxy) is 2. The summed E-state index contributed by atoms with van der Waals surface area (Å²) in [5.74, 6) is 1.23. The lowest BCUT2D eigenvalue weighted by atomic mass is 9.95. The van der Waals surface area contributed by atoms with E-state index in [-0.39, 0.29) is 24.3 Å². The predicted octanol–water partition coefficient (Wildman–Crippen LogP) is 6.33. The van der Waals surface area contributed by atoms with Crippen molar-refractivity contribution in [2.45, 2.75) is 90.8 Å². The average Bonchev–Trinajstić information content (AvgIpc) is 2.90. The third-order valence-corrected chi connectivity index (χ3v) is 7.24. The van der Waals surface area contributed by atoms with E-state index in [2.05, 4.69) is 5.32 Å². The number of amides is 2. The van der Waals surface area contributed by atoms with Crippen LogP contribution >= 0.6 is 11.6 Å². The van der Waals surface area contributed by atoms with Gasteiger partial charge in [0.25, 0.3) is 0 Å². The largest absolute Gasteiger partial charge is 0.490 e. The zero-order valence-corrected chi connectivity index (χ0v) is 23.2. The van der Waals surface area contributed by atoms with Gasteiger partial charge in [0.2, 0.25) is 11.8 Å². The van der Waals surface area contributed by atoms with E-state index in [1.807, 2.05) is 63.2 Å². The van der Waals surface area contributed by atoms with Crippen LogP contribution in [0.2, 0.25) is 5.02 Å². The van der Waals surface area contributed by atoms with Crippen LogP contribution in [-0.2, 0) is 22.6 Å². The molecule has 0 bridgehead atoms. The predicted molar refractivity (Wildman–Crippen MR) is 148 cm³/mol. The van der Waals surface area contributed by atoms with E-state index in [1.54, 1.807) is 4.90 Å². The molecular weight excluding hydrogens is 488 g/mol. The smallest absolute Gasteiger partial charge is 0.243 e. The molecule has 1 fully saturated rings. The van der Waals surface area contributed by atoms with E-state index >= 15 is 0 Å². The Balaban J connectivity index is 1.77. The number of nitrogens with one attached hydrogen (secondary N) is 1. The van der Waals surface area contributed by atoms with E-state index in [0.717, 1.165) is 36.8 Å². The fraction of sp³-hybridized carbons (Fsp3) is 0.533. The summed E-state index contributed by atoms with van der Waals surface area (Å²) >= 11 is 6.45. The van der Waals surface area contributed by atoms with Gasteiger partial charge >= 0.3 is 0 Å². The maximum atomic E-state index is 13.7. The van der Waals surface area contributed by atoms with Gasteiger partial charge < -0.3 is 19.7 Å². The number of carbonyl (C=O) groups is 2. The summed E-state index contributed by atoms with van der Waals surface area (Å²) in [7, 11) is 0. The zero-order chi connectivity index (χ0) is 26.6. The summed E-state index contributed by atoms with van der Waals surface area (Å²) in [6.07, 6.45) is 6.83. The molecular formula is C30H41ClN2O4. The Morgan fingerprint density at radius 3 is 2.38 bits per heavy atom. The Morgan fingerprint density at radius 2 is 1.70 bits per heavy atom. The van der Waals surface area contributed by atoms with E-state index in [9.17, 15) is 9.59 Å². The first-order valence-corrected chi connectivity index (χ1v) is 14.1. The fourth-order valence-corrected chi connectivity index (χ4v) is 5.12. The lowest BCUT2D eigenvalue weighted by Gasteiger charge is -2.33. The first-order valence-electron chi connectivity index (χ1n) is 13.7. The molecule has 1 N–H and O–H groups in total. The number of aryl methyl sites for hydroxylation is 1. The van der Waals surface area contributed by atoms with Gasteiger partial charge in [-0.1, -0.05) is 62.1 Å². The zero-order valence-electron chi connectivity index (χ0n) is 22.4. The Hall–Kier alpha value is -2.73. The average molecular weight is 529 g/mol. The second kappa shape index (κ2) is 14.9. The topological polar surface area (TPSA) is 67.9 Å². The number of nitrogens with zero attached hydrogens (tertiary/aromatic N) is 1. The molecule has 2 aromatic rings. The van der Waals surface area contributed by atoms with Crippen LogP contribution in [0.1, 0.15) is 76.8 Å². The van der Waals surface area contributed by atoms with Crippen molar-refractivity contribution in [2.24, 2.45) is 0 Å². The number of hydrogen-bond donors (Lipinski definition) is 1.